The summed E-state index contributed by atoms with van der Waals surface area (Å²) in [4.78, 5) is 2.70. The molecule has 19 heavy (non-hydrogen) atoms. The number of likely N-dealkylation sites (tertiary alicyclic amines) is 1. The van der Waals surface area contributed by atoms with E-state index in [1.807, 2.05) is 6.07 Å². The van der Waals surface area contributed by atoms with Gasteiger partial charge in [0.05, 0.1) is 0 Å². The largest absolute Gasteiger partial charge is 0.399 e. The zero-order chi connectivity index (χ0) is 12.4. The molecule has 3 rings (SSSR count). The van der Waals surface area contributed by atoms with Gasteiger partial charge in [-0.3, -0.25) is 4.90 Å². The second-order valence-electron chi connectivity index (χ2n) is 5.97. The van der Waals surface area contributed by atoms with Crippen LogP contribution in [0, 0.1) is 5.92 Å². The van der Waals surface area contributed by atoms with E-state index in [-0.39, 0.29) is 12.4 Å². The Bertz CT molecular complexity index is 401. The quantitative estimate of drug-likeness (QED) is 0.853. The van der Waals surface area contributed by atoms with E-state index >= 15 is 0 Å². The van der Waals surface area contributed by atoms with Crippen molar-refractivity contribution in [1.29, 1.82) is 0 Å². The zero-order valence-electron chi connectivity index (χ0n) is 11.6. The fraction of sp³-hybridized carbons (Fsp3) is 0.625. The standard InChI is InChI=1S/C16H24N2.ClH/c17-15-8-3-5-13(11-15)12-18-10-4-9-16(18)14-6-1-2-7-14;/h3,5,8,11,14,16H,1-2,4,6-7,9-10,12,17H2;1H. The molecule has 2 fully saturated rings. The summed E-state index contributed by atoms with van der Waals surface area (Å²) in [5.41, 5.74) is 8.14. The summed E-state index contributed by atoms with van der Waals surface area (Å²) in [5.74, 6) is 0.966. The Morgan fingerprint density at radius 3 is 2.63 bits per heavy atom. The fourth-order valence-corrected chi connectivity index (χ4v) is 3.85. The molecule has 2 nitrogen and oxygen atoms in total. The van der Waals surface area contributed by atoms with E-state index in [1.165, 1.54) is 50.6 Å². The smallest absolute Gasteiger partial charge is 0.0317 e. The zero-order valence-corrected chi connectivity index (χ0v) is 12.4. The van der Waals surface area contributed by atoms with Crippen LogP contribution in [0.3, 0.4) is 0 Å². The van der Waals surface area contributed by atoms with Gasteiger partial charge in [0.25, 0.3) is 0 Å². The second-order valence-corrected chi connectivity index (χ2v) is 5.97. The van der Waals surface area contributed by atoms with Gasteiger partial charge in [-0.05, 0) is 55.8 Å². The molecule has 0 spiro atoms. The normalized spacial score (nSPS) is 24.5. The topological polar surface area (TPSA) is 29.3 Å². The lowest BCUT2D eigenvalue weighted by Gasteiger charge is -2.29. The molecule has 1 saturated heterocycles. The summed E-state index contributed by atoms with van der Waals surface area (Å²) >= 11 is 0. The Morgan fingerprint density at radius 2 is 1.89 bits per heavy atom. The van der Waals surface area contributed by atoms with Gasteiger partial charge in [0, 0.05) is 18.3 Å². The van der Waals surface area contributed by atoms with Crippen molar-refractivity contribution >= 4 is 18.1 Å². The first-order valence-corrected chi connectivity index (χ1v) is 7.41. The van der Waals surface area contributed by atoms with Crippen LogP contribution in [0.15, 0.2) is 24.3 Å². The van der Waals surface area contributed by atoms with Crippen molar-refractivity contribution in [2.24, 2.45) is 5.92 Å². The molecule has 0 radical (unpaired) electrons. The lowest BCUT2D eigenvalue weighted by molar-refractivity contribution is 0.183. The minimum Gasteiger partial charge on any atom is -0.399 e. The predicted octanol–water partition coefficient (Wildman–Crippen LogP) is 3.85. The van der Waals surface area contributed by atoms with Crippen LogP contribution in [-0.4, -0.2) is 17.5 Å². The van der Waals surface area contributed by atoms with E-state index in [9.17, 15) is 0 Å². The van der Waals surface area contributed by atoms with Crippen LogP contribution in [0.5, 0.6) is 0 Å². The monoisotopic (exact) mass is 280 g/mol. The van der Waals surface area contributed by atoms with Crippen molar-refractivity contribution in [2.75, 3.05) is 12.3 Å². The molecule has 1 saturated carbocycles. The lowest BCUT2D eigenvalue weighted by Crippen LogP contribution is -2.34. The number of nitrogens with zero attached hydrogens (tertiary/aromatic N) is 1. The number of rotatable bonds is 3. The van der Waals surface area contributed by atoms with Crippen molar-refractivity contribution in [1.82, 2.24) is 4.90 Å². The number of anilines is 1. The Labute approximate surface area is 122 Å². The van der Waals surface area contributed by atoms with Gasteiger partial charge in [-0.2, -0.15) is 0 Å². The highest BCUT2D eigenvalue weighted by atomic mass is 35.5. The summed E-state index contributed by atoms with van der Waals surface area (Å²) in [7, 11) is 0. The van der Waals surface area contributed by atoms with E-state index in [0.29, 0.717) is 0 Å². The molecule has 2 aliphatic rings. The van der Waals surface area contributed by atoms with Gasteiger partial charge in [-0.25, -0.2) is 0 Å². The van der Waals surface area contributed by atoms with Crippen LogP contribution in [0.25, 0.3) is 0 Å². The molecule has 0 bridgehead atoms. The van der Waals surface area contributed by atoms with Crippen molar-refractivity contribution in [3.63, 3.8) is 0 Å². The average Bonchev–Trinajstić information content (AvgIpc) is 2.98. The Kier molecular flexibility index (Phi) is 5.12. The lowest BCUT2D eigenvalue weighted by atomic mass is 9.96. The van der Waals surface area contributed by atoms with Crippen LogP contribution in [0.4, 0.5) is 5.69 Å². The first-order valence-electron chi connectivity index (χ1n) is 7.41. The van der Waals surface area contributed by atoms with Crippen LogP contribution in [-0.2, 0) is 6.54 Å². The summed E-state index contributed by atoms with van der Waals surface area (Å²) in [6.07, 6.45) is 8.60. The van der Waals surface area contributed by atoms with Gasteiger partial charge in [0.15, 0.2) is 0 Å². The molecule has 0 amide bonds. The third-order valence-corrected chi connectivity index (χ3v) is 4.69. The number of benzene rings is 1. The molecular weight excluding hydrogens is 256 g/mol. The van der Waals surface area contributed by atoms with E-state index in [2.05, 4.69) is 23.1 Å². The molecule has 2 N–H and O–H groups in total. The molecular formula is C16H25ClN2. The SMILES string of the molecule is Cl.Nc1cccc(CN2CCCC2C2CCCC2)c1. The number of hydrogen-bond donors (Lipinski definition) is 1. The third-order valence-electron chi connectivity index (χ3n) is 4.69. The highest BCUT2D eigenvalue weighted by molar-refractivity contribution is 5.85. The molecule has 3 heteroatoms. The van der Waals surface area contributed by atoms with Gasteiger partial charge >= 0.3 is 0 Å². The minimum atomic E-state index is 0. The average molecular weight is 281 g/mol. The Hall–Kier alpha value is -0.730. The molecule has 0 aromatic heterocycles. The fourth-order valence-electron chi connectivity index (χ4n) is 3.85. The van der Waals surface area contributed by atoms with Crippen molar-refractivity contribution < 1.29 is 0 Å². The molecule has 1 aromatic rings. The maximum Gasteiger partial charge on any atom is 0.0317 e. The number of nitrogen functional groups attached to an aromatic ring is 1. The van der Waals surface area contributed by atoms with Gasteiger partial charge in [0.2, 0.25) is 0 Å². The first-order chi connectivity index (χ1) is 8.83. The van der Waals surface area contributed by atoms with Gasteiger partial charge in [-0.1, -0.05) is 25.0 Å². The Balaban J connectivity index is 0.00000133. The van der Waals surface area contributed by atoms with E-state index in [1.54, 1.807) is 0 Å². The summed E-state index contributed by atoms with van der Waals surface area (Å²) < 4.78 is 0. The number of halogens is 1. The van der Waals surface area contributed by atoms with E-state index < -0.39 is 0 Å². The van der Waals surface area contributed by atoms with Crippen LogP contribution in [0.2, 0.25) is 0 Å². The van der Waals surface area contributed by atoms with Crippen LogP contribution in [0.1, 0.15) is 44.1 Å². The molecule has 1 unspecified atom stereocenters. The Morgan fingerprint density at radius 1 is 1.11 bits per heavy atom. The minimum absolute atomic E-state index is 0. The molecule has 1 aliphatic carbocycles. The van der Waals surface area contributed by atoms with E-state index in [4.69, 9.17) is 5.73 Å². The van der Waals surface area contributed by atoms with Crippen molar-refractivity contribution in [3.8, 4) is 0 Å². The second kappa shape index (κ2) is 6.62. The van der Waals surface area contributed by atoms with Crippen LogP contribution < -0.4 is 5.73 Å². The highest BCUT2D eigenvalue weighted by Gasteiger charge is 2.32. The maximum absolute atomic E-state index is 5.87. The molecule has 1 aromatic carbocycles. The van der Waals surface area contributed by atoms with Gasteiger partial charge in [0.1, 0.15) is 0 Å². The van der Waals surface area contributed by atoms with Crippen LogP contribution >= 0.6 is 12.4 Å². The molecule has 1 aliphatic heterocycles. The number of nitrogens with two attached hydrogens (primary N) is 1. The van der Waals surface area contributed by atoms with Crippen molar-refractivity contribution in [3.05, 3.63) is 29.8 Å². The molecule has 106 valence electrons. The molecule has 1 heterocycles. The maximum atomic E-state index is 5.87. The van der Waals surface area contributed by atoms with Crippen molar-refractivity contribution in [2.45, 2.75) is 51.1 Å². The predicted molar refractivity (Wildman–Crippen MR) is 83.5 cm³/mol. The van der Waals surface area contributed by atoms with Gasteiger partial charge < -0.3 is 5.73 Å². The summed E-state index contributed by atoms with van der Waals surface area (Å²) in [6.45, 7) is 2.36. The van der Waals surface area contributed by atoms with Gasteiger partial charge in [-0.15, -0.1) is 12.4 Å². The van der Waals surface area contributed by atoms with E-state index in [0.717, 1.165) is 24.2 Å². The first kappa shape index (κ1) is 14.7. The summed E-state index contributed by atoms with van der Waals surface area (Å²) in [6, 6.07) is 9.23. The highest BCUT2D eigenvalue weighted by Crippen LogP contribution is 2.36. The number of hydrogen-bond acceptors (Lipinski definition) is 2. The molecule has 1 atom stereocenters. The third kappa shape index (κ3) is 3.43. The summed E-state index contributed by atoms with van der Waals surface area (Å²) in [5, 5.41) is 0.